The fraction of sp³-hybridized carbons (Fsp3) is 0.304. The summed E-state index contributed by atoms with van der Waals surface area (Å²) in [6, 6.07) is 8.87. The van der Waals surface area contributed by atoms with E-state index in [1.54, 1.807) is 0 Å². The second kappa shape index (κ2) is 8.25. The third kappa shape index (κ3) is 4.60. The van der Waals surface area contributed by atoms with Gasteiger partial charge in [-0.05, 0) is 28.7 Å². The molecule has 0 aliphatic carbocycles. The Kier molecular flexibility index (Phi) is 5.89. The molecule has 9 nitrogen and oxygen atoms in total. The third-order valence-corrected chi connectivity index (χ3v) is 7.94. The van der Waals surface area contributed by atoms with Crippen LogP contribution in [0.25, 0.3) is 0 Å². The van der Waals surface area contributed by atoms with E-state index < -0.39 is 49.0 Å². The number of carbonyl (C=O) groups excluding carboxylic acids is 1. The van der Waals surface area contributed by atoms with E-state index in [1.165, 1.54) is 47.4 Å². The molecule has 2 heterocycles. The fourth-order valence-corrected chi connectivity index (χ4v) is 6.71. The lowest BCUT2D eigenvalue weighted by atomic mass is 9.84. The molecule has 0 spiro atoms. The Morgan fingerprint density at radius 3 is 2.34 bits per heavy atom. The van der Waals surface area contributed by atoms with Crippen molar-refractivity contribution in [2.75, 3.05) is 0 Å². The number of aliphatic hydroxyl groups is 1. The number of amides is 1. The van der Waals surface area contributed by atoms with E-state index in [9.17, 15) is 31.1 Å². The molecule has 12 heteroatoms. The lowest BCUT2D eigenvalue weighted by Crippen LogP contribution is -2.43. The van der Waals surface area contributed by atoms with Crippen LogP contribution >= 0.6 is 0 Å². The molecule has 35 heavy (non-hydrogen) atoms. The van der Waals surface area contributed by atoms with Crippen LogP contribution in [-0.4, -0.2) is 44.5 Å². The number of nitrogens with two attached hydrogens (primary N) is 1. The highest BCUT2D eigenvalue weighted by Gasteiger charge is 2.49. The second-order valence-electron chi connectivity index (χ2n) is 9.60. The Bertz CT molecular complexity index is 1510. The first kappa shape index (κ1) is 25.0. The number of carbonyl (C=O) groups is 1. The first-order chi connectivity index (χ1) is 16.1. The van der Waals surface area contributed by atoms with Crippen LogP contribution in [0.5, 0.6) is 0 Å². The summed E-state index contributed by atoms with van der Waals surface area (Å²) in [5.41, 5.74) is -0.642. The number of sulfonamides is 2. The van der Waals surface area contributed by atoms with E-state index in [-0.39, 0.29) is 39.6 Å². The van der Waals surface area contributed by atoms with Crippen LogP contribution in [0.4, 0.5) is 4.39 Å². The highest BCUT2D eigenvalue weighted by molar-refractivity contribution is 7.91. The van der Waals surface area contributed by atoms with Gasteiger partial charge in [0.05, 0.1) is 11.8 Å². The van der Waals surface area contributed by atoms with Crippen LogP contribution in [0, 0.1) is 11.2 Å². The minimum atomic E-state index is -4.37. The number of primary sulfonamides is 1. The maximum Gasteiger partial charge on any atom is 0.283 e. The zero-order chi connectivity index (χ0) is 25.9. The molecule has 1 atom stereocenters. The monoisotopic (exact) mass is 521 g/mol. The van der Waals surface area contributed by atoms with Gasteiger partial charge in [0.1, 0.15) is 27.8 Å². The van der Waals surface area contributed by atoms with Crippen molar-refractivity contribution in [3.05, 3.63) is 76.3 Å². The fourth-order valence-electron chi connectivity index (χ4n) is 4.51. The normalized spacial score (nSPS) is 19.8. The quantitative estimate of drug-likeness (QED) is 0.617. The number of fused-ring (bicyclic) bond motifs is 1. The standard InChI is InChI=1S/C23H24FN3O6S2/c1-23(2,3)21-19(28)17(22(29)27(21)11-13-7-9-15(24)10-8-13)18-16-6-4-5-14(12-34(25,30)31)20(16)35(32,33)26-18/h4-10,21,28H,11-12H2,1-3H3,(H2,25,30,31)/t21-/m1/s1. The van der Waals surface area contributed by atoms with E-state index in [2.05, 4.69) is 4.40 Å². The summed E-state index contributed by atoms with van der Waals surface area (Å²) in [5.74, 6) is -2.17. The van der Waals surface area contributed by atoms with Gasteiger partial charge in [-0.15, -0.1) is 0 Å². The van der Waals surface area contributed by atoms with Gasteiger partial charge in [0.15, 0.2) is 0 Å². The van der Waals surface area contributed by atoms with Crippen molar-refractivity contribution in [1.82, 2.24) is 4.90 Å². The maximum absolute atomic E-state index is 13.6. The number of benzene rings is 2. The van der Waals surface area contributed by atoms with E-state index in [1.807, 2.05) is 20.8 Å². The van der Waals surface area contributed by atoms with Crippen LogP contribution in [0.15, 0.2) is 63.1 Å². The van der Waals surface area contributed by atoms with E-state index >= 15 is 0 Å². The topological polar surface area (TPSA) is 147 Å². The number of nitrogens with zero attached hydrogens (tertiary/aromatic N) is 2. The van der Waals surface area contributed by atoms with Crippen molar-refractivity contribution in [2.24, 2.45) is 15.0 Å². The van der Waals surface area contributed by atoms with Gasteiger partial charge in [-0.25, -0.2) is 17.9 Å². The highest BCUT2D eigenvalue weighted by atomic mass is 32.2. The zero-order valence-electron chi connectivity index (χ0n) is 19.2. The summed E-state index contributed by atoms with van der Waals surface area (Å²) in [4.78, 5) is 14.6. The van der Waals surface area contributed by atoms with E-state index in [4.69, 9.17) is 5.14 Å². The van der Waals surface area contributed by atoms with Gasteiger partial charge in [0, 0.05) is 12.1 Å². The van der Waals surface area contributed by atoms with Gasteiger partial charge in [0.25, 0.3) is 15.9 Å². The van der Waals surface area contributed by atoms with Gasteiger partial charge in [0.2, 0.25) is 10.0 Å². The molecule has 2 aliphatic rings. The Morgan fingerprint density at radius 1 is 1.14 bits per heavy atom. The van der Waals surface area contributed by atoms with Gasteiger partial charge in [-0.3, -0.25) is 4.79 Å². The molecule has 0 saturated heterocycles. The van der Waals surface area contributed by atoms with Crippen LogP contribution in [0.3, 0.4) is 0 Å². The average molecular weight is 522 g/mol. The molecule has 0 unspecified atom stereocenters. The largest absolute Gasteiger partial charge is 0.509 e. The van der Waals surface area contributed by atoms with Crippen molar-refractivity contribution >= 4 is 31.7 Å². The molecule has 3 N–H and O–H groups in total. The molecule has 186 valence electrons. The van der Waals surface area contributed by atoms with Gasteiger partial charge < -0.3 is 10.0 Å². The third-order valence-electron chi connectivity index (χ3n) is 5.80. The Labute approximate surface area is 202 Å². The molecule has 1 amide bonds. The molecule has 0 radical (unpaired) electrons. The molecule has 0 aromatic heterocycles. The second-order valence-corrected chi connectivity index (χ2v) is 12.8. The number of rotatable bonds is 5. The molecule has 0 fully saturated rings. The van der Waals surface area contributed by atoms with Crippen LogP contribution in [0.2, 0.25) is 0 Å². The van der Waals surface area contributed by atoms with Crippen molar-refractivity contribution in [3.63, 3.8) is 0 Å². The summed E-state index contributed by atoms with van der Waals surface area (Å²) in [6.45, 7) is 5.47. The number of aliphatic hydroxyl groups excluding tert-OH is 1. The van der Waals surface area contributed by atoms with Crippen molar-refractivity contribution < 1.29 is 31.1 Å². The molecule has 0 bridgehead atoms. The van der Waals surface area contributed by atoms with Gasteiger partial charge >= 0.3 is 0 Å². The molecule has 2 aromatic carbocycles. The summed E-state index contributed by atoms with van der Waals surface area (Å²) < 4.78 is 66.3. The van der Waals surface area contributed by atoms with E-state index in [0.717, 1.165) is 0 Å². The summed E-state index contributed by atoms with van der Waals surface area (Å²) >= 11 is 0. The van der Waals surface area contributed by atoms with Crippen molar-refractivity contribution in [1.29, 1.82) is 0 Å². The lowest BCUT2D eigenvalue weighted by Gasteiger charge is -2.35. The van der Waals surface area contributed by atoms with Gasteiger partial charge in [-0.2, -0.15) is 12.8 Å². The number of hydrogen-bond donors (Lipinski definition) is 2. The number of hydrogen-bond acceptors (Lipinski definition) is 6. The molecular weight excluding hydrogens is 497 g/mol. The Hall–Kier alpha value is -3.09. The number of halogens is 1. The summed E-state index contributed by atoms with van der Waals surface area (Å²) in [6.07, 6.45) is 0. The van der Waals surface area contributed by atoms with Crippen LogP contribution in [-0.2, 0) is 37.1 Å². The van der Waals surface area contributed by atoms with Crippen LogP contribution < -0.4 is 5.14 Å². The lowest BCUT2D eigenvalue weighted by molar-refractivity contribution is -0.129. The maximum atomic E-state index is 13.6. The SMILES string of the molecule is CC(C)(C)[C@H]1C(O)=C(C2=NS(=O)(=O)c3c(CS(N)(=O)=O)cccc32)C(=O)N1Cc1ccc(F)cc1. The highest BCUT2D eigenvalue weighted by Crippen LogP contribution is 2.41. The zero-order valence-corrected chi connectivity index (χ0v) is 20.8. The minimum Gasteiger partial charge on any atom is -0.509 e. The molecule has 0 saturated carbocycles. The average Bonchev–Trinajstić information content (AvgIpc) is 3.12. The molecule has 2 aliphatic heterocycles. The Morgan fingerprint density at radius 2 is 1.77 bits per heavy atom. The van der Waals surface area contributed by atoms with E-state index in [0.29, 0.717) is 5.56 Å². The van der Waals surface area contributed by atoms with Crippen molar-refractivity contribution in [3.8, 4) is 0 Å². The van der Waals surface area contributed by atoms with Crippen molar-refractivity contribution in [2.45, 2.75) is 44.0 Å². The summed E-state index contributed by atoms with van der Waals surface area (Å²) in [5, 5.41) is 16.3. The molecule has 2 aromatic rings. The summed E-state index contributed by atoms with van der Waals surface area (Å²) in [7, 11) is -8.43. The molecular formula is C23H24FN3O6S2. The first-order valence-corrected chi connectivity index (χ1v) is 13.7. The predicted molar refractivity (Wildman–Crippen MR) is 127 cm³/mol. The molecule has 4 rings (SSSR count). The van der Waals surface area contributed by atoms with Crippen LogP contribution in [0.1, 0.15) is 37.5 Å². The first-order valence-electron chi connectivity index (χ1n) is 10.6. The minimum absolute atomic E-state index is 0.0114. The smallest absolute Gasteiger partial charge is 0.283 e. The van der Waals surface area contributed by atoms with Gasteiger partial charge in [-0.1, -0.05) is 51.1 Å². The Balaban J connectivity index is 1.84. The predicted octanol–water partition coefficient (Wildman–Crippen LogP) is 2.37.